The van der Waals surface area contributed by atoms with Gasteiger partial charge < -0.3 is 0 Å². The molecule has 0 unspecified atom stereocenters. The zero-order valence-corrected chi connectivity index (χ0v) is 9.71. The van der Waals surface area contributed by atoms with E-state index in [0.29, 0.717) is 11.3 Å². The standard InChI is InChI=1S/C6H7BrN6S/c1-12-2-4(7)5(9-12)3-13-6(14)8-10-11-13/h2H,3H2,1H3,(H,8,11,14). The maximum Gasteiger partial charge on any atom is 0.238 e. The third-order valence-corrected chi connectivity index (χ3v) is 2.66. The number of H-pyrrole nitrogens is 1. The minimum Gasteiger partial charge on any atom is -0.274 e. The molecule has 0 aliphatic heterocycles. The minimum absolute atomic E-state index is 0.419. The molecule has 0 spiro atoms. The van der Waals surface area contributed by atoms with E-state index >= 15 is 0 Å². The summed E-state index contributed by atoms with van der Waals surface area (Å²) in [4.78, 5) is 0. The van der Waals surface area contributed by atoms with Crippen LogP contribution < -0.4 is 0 Å². The lowest BCUT2D eigenvalue weighted by Crippen LogP contribution is -2.04. The summed E-state index contributed by atoms with van der Waals surface area (Å²) < 4.78 is 4.73. The normalized spacial score (nSPS) is 10.7. The van der Waals surface area contributed by atoms with E-state index in [-0.39, 0.29) is 0 Å². The lowest BCUT2D eigenvalue weighted by molar-refractivity contribution is 0.617. The third kappa shape index (κ3) is 1.75. The van der Waals surface area contributed by atoms with E-state index in [9.17, 15) is 0 Å². The Morgan fingerprint density at radius 3 is 2.93 bits per heavy atom. The molecule has 74 valence electrons. The van der Waals surface area contributed by atoms with Crippen LogP contribution in [-0.2, 0) is 13.6 Å². The molecule has 0 radical (unpaired) electrons. The first-order valence-electron chi connectivity index (χ1n) is 3.83. The van der Waals surface area contributed by atoms with Crippen molar-refractivity contribution >= 4 is 28.1 Å². The second-order valence-corrected chi connectivity index (χ2v) is 3.99. The Labute approximate surface area is 93.0 Å². The largest absolute Gasteiger partial charge is 0.274 e. The Balaban J connectivity index is 2.31. The maximum atomic E-state index is 4.94. The Morgan fingerprint density at radius 1 is 1.64 bits per heavy atom. The average Bonchev–Trinajstić information content (AvgIpc) is 2.62. The predicted molar refractivity (Wildman–Crippen MR) is 55.2 cm³/mol. The van der Waals surface area contributed by atoms with Crippen LogP contribution in [0.2, 0.25) is 0 Å². The van der Waals surface area contributed by atoms with Gasteiger partial charge in [-0.15, -0.1) is 0 Å². The van der Waals surface area contributed by atoms with Crippen LogP contribution in [0.3, 0.4) is 0 Å². The van der Waals surface area contributed by atoms with E-state index in [1.165, 1.54) is 0 Å². The van der Waals surface area contributed by atoms with E-state index < -0.39 is 0 Å². The second-order valence-electron chi connectivity index (χ2n) is 2.77. The van der Waals surface area contributed by atoms with Gasteiger partial charge in [-0.3, -0.25) is 4.68 Å². The van der Waals surface area contributed by atoms with Crippen molar-refractivity contribution in [3.05, 3.63) is 21.1 Å². The van der Waals surface area contributed by atoms with Crippen molar-refractivity contribution in [1.29, 1.82) is 0 Å². The van der Waals surface area contributed by atoms with E-state index in [2.05, 4.69) is 36.6 Å². The van der Waals surface area contributed by atoms with Crippen LogP contribution in [0.25, 0.3) is 0 Å². The first-order valence-corrected chi connectivity index (χ1v) is 5.03. The highest BCUT2D eigenvalue weighted by molar-refractivity contribution is 9.10. The molecule has 0 saturated carbocycles. The summed E-state index contributed by atoms with van der Waals surface area (Å²) >= 11 is 8.34. The maximum absolute atomic E-state index is 4.94. The molecular formula is C6H7BrN6S. The summed E-state index contributed by atoms with van der Waals surface area (Å²) in [5.74, 6) is 0. The first-order chi connectivity index (χ1) is 6.66. The van der Waals surface area contributed by atoms with Gasteiger partial charge in [-0.2, -0.15) is 10.3 Å². The monoisotopic (exact) mass is 274 g/mol. The van der Waals surface area contributed by atoms with Gasteiger partial charge in [0.2, 0.25) is 4.77 Å². The van der Waals surface area contributed by atoms with Crippen LogP contribution in [0.15, 0.2) is 10.7 Å². The summed E-state index contributed by atoms with van der Waals surface area (Å²) in [5, 5.41) is 14.2. The number of hydrogen-bond acceptors (Lipinski definition) is 4. The van der Waals surface area contributed by atoms with Crippen LogP contribution in [0.1, 0.15) is 5.69 Å². The van der Waals surface area contributed by atoms with E-state index in [1.807, 2.05) is 13.2 Å². The quantitative estimate of drug-likeness (QED) is 0.826. The molecule has 0 aromatic carbocycles. The summed E-state index contributed by atoms with van der Waals surface area (Å²) in [6.07, 6.45) is 1.88. The topological polar surface area (TPSA) is 64.3 Å². The molecule has 0 saturated heterocycles. The Hall–Kier alpha value is -1.02. The second kappa shape index (κ2) is 3.62. The van der Waals surface area contributed by atoms with E-state index in [4.69, 9.17) is 12.2 Å². The number of aromatic nitrogens is 6. The molecule has 0 amide bonds. The molecule has 0 aliphatic rings. The van der Waals surface area contributed by atoms with Gasteiger partial charge in [0.15, 0.2) is 0 Å². The zero-order chi connectivity index (χ0) is 10.1. The fourth-order valence-electron chi connectivity index (χ4n) is 1.08. The van der Waals surface area contributed by atoms with Gasteiger partial charge in [0.05, 0.1) is 16.7 Å². The first kappa shape index (κ1) is 9.53. The van der Waals surface area contributed by atoms with Gasteiger partial charge in [-0.25, -0.2) is 4.68 Å². The highest BCUT2D eigenvalue weighted by atomic mass is 79.9. The highest BCUT2D eigenvalue weighted by Gasteiger charge is 2.06. The molecule has 0 bridgehead atoms. The van der Waals surface area contributed by atoms with Crippen molar-refractivity contribution in [2.24, 2.45) is 7.05 Å². The highest BCUT2D eigenvalue weighted by Crippen LogP contribution is 2.14. The molecule has 0 fully saturated rings. The zero-order valence-electron chi connectivity index (χ0n) is 7.31. The number of hydrogen-bond donors (Lipinski definition) is 1. The molecule has 8 heteroatoms. The summed E-state index contributed by atoms with van der Waals surface area (Å²) in [5.41, 5.74) is 0.884. The number of nitrogens with zero attached hydrogens (tertiary/aromatic N) is 5. The van der Waals surface area contributed by atoms with Crippen LogP contribution in [0.5, 0.6) is 0 Å². The number of tetrazole rings is 1. The summed E-state index contributed by atoms with van der Waals surface area (Å²) in [6.45, 7) is 0.535. The van der Waals surface area contributed by atoms with Gasteiger partial charge in [-0.1, -0.05) is 10.3 Å². The number of nitrogens with one attached hydrogen (secondary N) is 1. The van der Waals surface area contributed by atoms with Gasteiger partial charge in [0, 0.05) is 13.2 Å². The summed E-state index contributed by atoms with van der Waals surface area (Å²) in [6, 6.07) is 0. The average molecular weight is 275 g/mol. The summed E-state index contributed by atoms with van der Waals surface area (Å²) in [7, 11) is 1.86. The number of halogens is 1. The lowest BCUT2D eigenvalue weighted by atomic mass is 10.4. The fourth-order valence-corrected chi connectivity index (χ4v) is 1.73. The molecule has 6 nitrogen and oxygen atoms in total. The van der Waals surface area contributed by atoms with Crippen molar-refractivity contribution in [1.82, 2.24) is 30.0 Å². The Kier molecular flexibility index (Phi) is 2.46. The molecule has 14 heavy (non-hydrogen) atoms. The number of aryl methyl sites for hydroxylation is 1. The van der Waals surface area contributed by atoms with Crippen LogP contribution >= 0.6 is 28.1 Å². The van der Waals surface area contributed by atoms with Crippen molar-refractivity contribution in [3.8, 4) is 0 Å². The molecule has 0 aliphatic carbocycles. The van der Waals surface area contributed by atoms with Crippen molar-refractivity contribution in [2.75, 3.05) is 0 Å². The predicted octanol–water partition coefficient (Wildman–Crippen LogP) is 0.880. The van der Waals surface area contributed by atoms with E-state index in [0.717, 1.165) is 10.2 Å². The van der Waals surface area contributed by atoms with Crippen LogP contribution in [0.4, 0.5) is 0 Å². The molecule has 2 aromatic heterocycles. The van der Waals surface area contributed by atoms with Gasteiger partial charge in [-0.05, 0) is 28.1 Å². The molecule has 2 rings (SSSR count). The van der Waals surface area contributed by atoms with Gasteiger partial charge in [0.25, 0.3) is 0 Å². The Bertz CT molecular complexity index is 496. The molecule has 0 atom stereocenters. The molecule has 1 N–H and O–H groups in total. The van der Waals surface area contributed by atoms with Gasteiger partial charge >= 0.3 is 0 Å². The van der Waals surface area contributed by atoms with Crippen LogP contribution in [-0.4, -0.2) is 30.0 Å². The minimum atomic E-state index is 0.419. The SMILES string of the molecule is Cn1cc(Br)c(Cn2[nH]nnc2=S)n1. The van der Waals surface area contributed by atoms with Crippen LogP contribution in [0, 0.1) is 4.77 Å². The molecule has 2 heterocycles. The Morgan fingerprint density at radius 2 is 2.43 bits per heavy atom. The molecule has 2 aromatic rings. The third-order valence-electron chi connectivity index (χ3n) is 1.69. The fraction of sp³-hybridized carbons (Fsp3) is 0.333. The smallest absolute Gasteiger partial charge is 0.238 e. The molecular weight excluding hydrogens is 268 g/mol. The number of rotatable bonds is 2. The number of aromatic amines is 1. The van der Waals surface area contributed by atoms with Crippen molar-refractivity contribution < 1.29 is 0 Å². The van der Waals surface area contributed by atoms with Gasteiger partial charge in [0.1, 0.15) is 0 Å². The van der Waals surface area contributed by atoms with E-state index in [1.54, 1.807) is 9.36 Å². The van der Waals surface area contributed by atoms with Crippen molar-refractivity contribution in [3.63, 3.8) is 0 Å². The lowest BCUT2D eigenvalue weighted by Gasteiger charge is -1.96. The van der Waals surface area contributed by atoms with Crippen molar-refractivity contribution in [2.45, 2.75) is 6.54 Å².